The standard InChI is InChI=1S/C66H66ClFN14O6S/c1-38-10-7-15-50(67)58(38)75-64(85)53-35-71-66(89-53)74-54-34-55(73-39(2)72-54)79-28-26-78(27-29-79)37-56(83)82(36-40-16-19-52(76-77-69)51(68)30-40)25-20-70-63(84)43-17-18-44(65(86)87)47(33-43)57-48-31-41-11-3-5-21-80-23-8-13-45(59(41)80)61(48)88-62-46-14-9-24-81-22-6-4-12-42(60(46)81)32-49(57)62/h7,10,15-19,30-35H,3-6,8-9,11-14,20-29,36-37H2,1-2H3,(H3-,70,71,72,73,74,75,84,85,86,87)/p+1. The van der Waals surface area contributed by atoms with Crippen LogP contribution in [0.3, 0.4) is 0 Å². The number of carbonyl (C=O) groups is 4. The molecule has 8 heterocycles. The lowest BCUT2D eigenvalue weighted by atomic mass is 9.82. The molecule has 0 bridgehead atoms. The van der Waals surface area contributed by atoms with E-state index in [1.807, 2.05) is 30.0 Å². The van der Waals surface area contributed by atoms with Crippen molar-refractivity contribution in [1.82, 2.24) is 34.6 Å². The van der Waals surface area contributed by atoms with E-state index in [-0.39, 0.29) is 54.8 Å². The lowest BCUT2D eigenvalue weighted by molar-refractivity contribution is -0.133. The molecule has 3 amide bonds. The van der Waals surface area contributed by atoms with E-state index in [4.69, 9.17) is 26.9 Å². The normalized spacial score (nSPS) is 15.9. The molecule has 6 aliphatic rings. The number of ether oxygens (including phenoxy) is 1. The number of carbonyl (C=O) groups excluding carboxylic acids is 3. The van der Waals surface area contributed by atoms with E-state index < -0.39 is 17.7 Å². The summed E-state index contributed by atoms with van der Waals surface area (Å²) in [6.07, 6.45) is 11.2. The van der Waals surface area contributed by atoms with Gasteiger partial charge in [0.2, 0.25) is 11.3 Å². The van der Waals surface area contributed by atoms with E-state index in [0.29, 0.717) is 75.5 Å². The van der Waals surface area contributed by atoms with Crippen LogP contribution in [0.5, 0.6) is 11.5 Å². The van der Waals surface area contributed by atoms with Crippen LogP contribution in [0.4, 0.5) is 38.2 Å². The van der Waals surface area contributed by atoms with Crippen LogP contribution in [-0.2, 0) is 37.0 Å². The number of hydrogen-bond donors (Lipinski definition) is 4. The average molecular weight is 1240 g/mol. The summed E-state index contributed by atoms with van der Waals surface area (Å²) in [5.41, 5.74) is 19.1. The Morgan fingerprint density at radius 1 is 0.843 bits per heavy atom. The molecule has 1 fully saturated rings. The Morgan fingerprint density at radius 2 is 1.65 bits per heavy atom. The molecule has 0 radical (unpaired) electrons. The minimum Gasteiger partial charge on any atom is -0.478 e. The second-order valence-electron chi connectivity index (χ2n) is 23.6. The number of benzene rings is 5. The van der Waals surface area contributed by atoms with Gasteiger partial charge < -0.3 is 40.5 Å². The van der Waals surface area contributed by atoms with Gasteiger partial charge in [-0.15, -0.1) is 0 Å². The van der Waals surface area contributed by atoms with Crippen molar-refractivity contribution in [3.8, 4) is 11.5 Å². The molecule has 23 heteroatoms. The van der Waals surface area contributed by atoms with Crippen molar-refractivity contribution >= 4 is 86.0 Å². The fraction of sp³-hybridized carbons (Fsp3) is 0.364. The lowest BCUT2D eigenvalue weighted by Crippen LogP contribution is -2.51. The van der Waals surface area contributed by atoms with Gasteiger partial charge in [-0.2, -0.15) is 0 Å². The number of azide groups is 1. The van der Waals surface area contributed by atoms with Gasteiger partial charge >= 0.3 is 5.97 Å². The highest BCUT2D eigenvalue weighted by atomic mass is 35.5. The smallest absolute Gasteiger partial charge is 0.336 e. The first-order chi connectivity index (χ1) is 43.2. The second-order valence-corrected chi connectivity index (χ2v) is 25.1. The third-order valence-corrected chi connectivity index (χ3v) is 19.1. The molecule has 456 valence electrons. The van der Waals surface area contributed by atoms with E-state index in [1.165, 1.54) is 69.0 Å². The number of aromatic carboxylic acids is 1. The number of nitrogens with one attached hydrogen (secondary N) is 3. The highest BCUT2D eigenvalue weighted by molar-refractivity contribution is 7.17. The van der Waals surface area contributed by atoms with E-state index in [1.54, 1.807) is 36.1 Å². The maximum absolute atomic E-state index is 15.2. The maximum atomic E-state index is 15.2. The van der Waals surface area contributed by atoms with Crippen molar-refractivity contribution in [3.63, 3.8) is 0 Å². The van der Waals surface area contributed by atoms with E-state index in [0.717, 1.165) is 124 Å². The SMILES string of the molecule is Cc1nc(Nc2ncc(C(=O)Nc3c(C)cccc3Cl)s2)cc(N2CCN(CC(=O)N(CCNC(=O)c3ccc(C(=O)O)c(C4=c5cc6c7c(c5Oc5c4cc4c8c5CCCN8CCCC4)CCC[N+]=7CCCC6)c3)Cc3ccc(N=[N+]=[N-])c(F)c3)CC2)n1. The zero-order valence-corrected chi connectivity index (χ0v) is 51.2. The van der Waals surface area contributed by atoms with Crippen LogP contribution in [0.25, 0.3) is 16.0 Å². The van der Waals surface area contributed by atoms with Crippen LogP contribution in [0.1, 0.15) is 119 Å². The Morgan fingerprint density at radius 3 is 2.47 bits per heavy atom. The number of thiazole rings is 1. The molecule has 2 aromatic heterocycles. The molecule has 0 saturated carbocycles. The summed E-state index contributed by atoms with van der Waals surface area (Å²) in [6.45, 7) is 9.76. The van der Waals surface area contributed by atoms with E-state index >= 15 is 4.39 Å². The van der Waals surface area contributed by atoms with E-state index in [9.17, 15) is 24.3 Å². The number of anilines is 5. The number of fused-ring (bicyclic) bond motifs is 4. The third kappa shape index (κ3) is 12.1. The van der Waals surface area contributed by atoms with Crippen LogP contribution in [0.2, 0.25) is 5.02 Å². The quantitative estimate of drug-likeness (QED) is 0.0305. The van der Waals surface area contributed by atoms with Gasteiger partial charge in [0.05, 0.1) is 40.3 Å². The Labute approximate surface area is 522 Å². The number of halogens is 2. The Bertz CT molecular complexity index is 4220. The van der Waals surface area contributed by atoms with Gasteiger partial charge in [0.15, 0.2) is 5.13 Å². The second kappa shape index (κ2) is 25.3. The largest absolute Gasteiger partial charge is 0.478 e. The number of para-hydroxylation sites is 1. The van der Waals surface area contributed by atoms with Crippen molar-refractivity contribution in [1.29, 1.82) is 0 Å². The molecule has 6 aliphatic heterocycles. The van der Waals surface area contributed by atoms with Gasteiger partial charge in [-0.05, 0) is 142 Å². The number of rotatable bonds is 16. The Hall–Kier alpha value is -8.95. The molecule has 1 saturated heterocycles. The molecule has 0 unspecified atom stereocenters. The minimum absolute atomic E-state index is 0.00595. The molecule has 0 aliphatic carbocycles. The monoisotopic (exact) mass is 1240 g/mol. The predicted octanol–water partition coefficient (Wildman–Crippen LogP) is 9.77. The first-order valence-electron chi connectivity index (χ1n) is 30.6. The zero-order chi connectivity index (χ0) is 61.4. The number of hydrogen-bond acceptors (Lipinski definition) is 14. The third-order valence-electron chi connectivity index (χ3n) is 17.8. The highest BCUT2D eigenvalue weighted by Gasteiger charge is 2.37. The number of carboxylic acids is 1. The molecular formula is C66H67ClFN14O6S+. The van der Waals surface area contributed by atoms with Crippen molar-refractivity contribution in [2.24, 2.45) is 5.11 Å². The lowest BCUT2D eigenvalue weighted by Gasteiger charge is -2.36. The topological polar surface area (TPSA) is 237 Å². The van der Waals surface area contributed by atoms with Crippen LogP contribution in [0, 0.1) is 19.7 Å². The summed E-state index contributed by atoms with van der Waals surface area (Å²) in [4.78, 5) is 80.9. The average Bonchev–Trinajstić information content (AvgIpc) is 1.30. The number of aryl methyl sites for hydroxylation is 4. The van der Waals surface area contributed by atoms with Gasteiger partial charge in [0, 0.05) is 121 Å². The summed E-state index contributed by atoms with van der Waals surface area (Å²) >= 11 is 7.53. The number of aromatic nitrogens is 3. The molecule has 5 aromatic carbocycles. The summed E-state index contributed by atoms with van der Waals surface area (Å²) in [6, 6.07) is 20.7. The summed E-state index contributed by atoms with van der Waals surface area (Å²) in [7, 11) is 0. The molecule has 20 nitrogen and oxygen atoms in total. The van der Waals surface area contributed by atoms with Crippen molar-refractivity contribution < 1.29 is 33.4 Å². The zero-order valence-electron chi connectivity index (χ0n) is 49.6. The molecule has 0 atom stereocenters. The molecule has 4 N–H and O–H groups in total. The van der Waals surface area contributed by atoms with Crippen molar-refractivity contribution in [2.75, 3.05) is 92.4 Å². The Kier molecular flexibility index (Phi) is 16.8. The van der Waals surface area contributed by atoms with E-state index in [2.05, 4.69) is 62.5 Å². The molecular weight excluding hydrogens is 1170 g/mol. The molecule has 7 aromatic rings. The van der Waals surface area contributed by atoms with Crippen molar-refractivity contribution in [2.45, 2.75) is 84.6 Å². The van der Waals surface area contributed by atoms with Crippen LogP contribution in [-0.4, -0.2) is 126 Å². The van der Waals surface area contributed by atoms with Crippen LogP contribution in [0.15, 0.2) is 84.1 Å². The fourth-order valence-electron chi connectivity index (χ4n) is 13.6. The first kappa shape index (κ1) is 59.0. The summed E-state index contributed by atoms with van der Waals surface area (Å²) < 4.78 is 25.1. The maximum Gasteiger partial charge on any atom is 0.336 e. The number of piperazine rings is 1. The van der Waals surface area contributed by atoms with Gasteiger partial charge in [0.25, 0.3) is 11.8 Å². The molecule has 89 heavy (non-hydrogen) atoms. The predicted molar refractivity (Wildman–Crippen MR) is 341 cm³/mol. The van der Waals surface area contributed by atoms with Gasteiger partial charge in [-0.1, -0.05) is 46.3 Å². The van der Waals surface area contributed by atoms with Crippen LogP contribution >= 0.6 is 22.9 Å². The first-order valence-corrected chi connectivity index (χ1v) is 31.8. The molecule has 13 rings (SSSR count). The fourth-order valence-corrected chi connectivity index (χ4v) is 14.6. The van der Waals surface area contributed by atoms with Gasteiger partial charge in [-0.25, -0.2) is 28.7 Å². The Balaban J connectivity index is 0.738. The number of carboxylic acid groups (broad SMARTS) is 1. The summed E-state index contributed by atoms with van der Waals surface area (Å²) in [5, 5.41) is 26.6. The number of amides is 3. The minimum atomic E-state index is -1.11. The highest BCUT2D eigenvalue weighted by Crippen LogP contribution is 2.49. The van der Waals surface area contributed by atoms with Crippen LogP contribution < -0.4 is 45.6 Å². The summed E-state index contributed by atoms with van der Waals surface area (Å²) in [5.74, 6) is 0.369. The van der Waals surface area contributed by atoms with Crippen molar-refractivity contribution in [3.05, 3.63) is 177 Å². The van der Waals surface area contributed by atoms with Gasteiger partial charge in [0.1, 0.15) is 52.7 Å². The number of nitrogens with zero attached hydrogens (tertiary/aromatic N) is 11. The van der Waals surface area contributed by atoms with Gasteiger partial charge in [-0.3, -0.25) is 19.3 Å². The molecule has 0 spiro atoms.